The molecule has 1 aliphatic heterocycles. The van der Waals surface area contributed by atoms with Crippen LogP contribution < -0.4 is 4.74 Å². The number of allylic oxidation sites excluding steroid dienone is 1. The molecule has 3 rings (SSSR count). The smallest absolute Gasteiger partial charge is 0.159 e. The van der Waals surface area contributed by atoms with Crippen LogP contribution in [-0.4, -0.2) is 22.9 Å². The van der Waals surface area contributed by atoms with Crippen LogP contribution in [-0.2, 0) is 11.3 Å². The van der Waals surface area contributed by atoms with Crippen LogP contribution in [0.2, 0.25) is 0 Å². The van der Waals surface area contributed by atoms with Crippen molar-refractivity contribution in [1.29, 1.82) is 0 Å². The van der Waals surface area contributed by atoms with E-state index in [0.717, 1.165) is 16.9 Å². The van der Waals surface area contributed by atoms with Crippen LogP contribution >= 0.6 is 0 Å². The Balaban J connectivity index is 1.83. The van der Waals surface area contributed by atoms with Crippen LogP contribution in [0.5, 0.6) is 11.5 Å². The van der Waals surface area contributed by atoms with Crippen molar-refractivity contribution in [3.8, 4) is 11.5 Å². The maximum atomic E-state index is 11.8. The number of ketones is 1. The molecule has 0 saturated heterocycles. The lowest BCUT2D eigenvalue weighted by molar-refractivity contribution is -0.116. The number of rotatable bonds is 4. The molecule has 23 heavy (non-hydrogen) atoms. The minimum atomic E-state index is -0.0183. The number of hydrogen-bond donors (Lipinski definition) is 1. The van der Waals surface area contributed by atoms with E-state index in [-0.39, 0.29) is 17.6 Å². The molecule has 0 amide bonds. The van der Waals surface area contributed by atoms with E-state index in [0.29, 0.717) is 13.0 Å². The Bertz CT molecular complexity index is 704. The SMILES string of the molecule is COc1ccc(CN2C=CC(=O)CC2c2ccc(O)cc2)cc1. The quantitative estimate of drug-likeness (QED) is 0.940. The molecule has 4 nitrogen and oxygen atoms in total. The van der Waals surface area contributed by atoms with Gasteiger partial charge in [-0.1, -0.05) is 24.3 Å². The fourth-order valence-corrected chi connectivity index (χ4v) is 2.77. The number of carbonyl (C=O) groups excluding carboxylic acids is 1. The number of ether oxygens (including phenoxy) is 1. The molecule has 0 radical (unpaired) electrons. The zero-order valence-electron chi connectivity index (χ0n) is 13.0. The molecule has 1 aliphatic rings. The number of benzene rings is 2. The molecule has 0 aliphatic carbocycles. The maximum Gasteiger partial charge on any atom is 0.159 e. The predicted molar refractivity (Wildman–Crippen MR) is 88.1 cm³/mol. The summed E-state index contributed by atoms with van der Waals surface area (Å²) in [7, 11) is 1.65. The normalized spacial score (nSPS) is 17.3. The fraction of sp³-hybridized carbons (Fsp3) is 0.211. The summed E-state index contributed by atoms with van der Waals surface area (Å²) in [5.74, 6) is 1.18. The topological polar surface area (TPSA) is 49.8 Å². The zero-order valence-corrected chi connectivity index (χ0v) is 13.0. The Morgan fingerprint density at radius 2 is 1.83 bits per heavy atom. The summed E-state index contributed by atoms with van der Waals surface area (Å²) < 4.78 is 5.18. The first-order chi connectivity index (χ1) is 11.2. The van der Waals surface area contributed by atoms with E-state index in [1.807, 2.05) is 42.6 Å². The van der Waals surface area contributed by atoms with Gasteiger partial charge in [-0.25, -0.2) is 0 Å². The average molecular weight is 309 g/mol. The van der Waals surface area contributed by atoms with Crippen molar-refractivity contribution >= 4 is 5.78 Å². The van der Waals surface area contributed by atoms with Gasteiger partial charge in [0.1, 0.15) is 11.5 Å². The summed E-state index contributed by atoms with van der Waals surface area (Å²) in [6.07, 6.45) is 3.92. The molecule has 118 valence electrons. The number of nitrogens with zero attached hydrogens (tertiary/aromatic N) is 1. The minimum absolute atomic E-state index is 0.0183. The standard InChI is InChI=1S/C19H19NO3/c1-23-18-8-2-14(3-9-18)13-20-11-10-17(22)12-19(20)15-4-6-16(21)7-5-15/h2-11,19,21H,12-13H2,1H3. The summed E-state index contributed by atoms with van der Waals surface area (Å²) in [6, 6.07) is 14.9. The van der Waals surface area contributed by atoms with E-state index in [4.69, 9.17) is 4.74 Å². The molecule has 0 spiro atoms. The van der Waals surface area contributed by atoms with Crippen LogP contribution in [0.1, 0.15) is 23.6 Å². The fourth-order valence-electron chi connectivity index (χ4n) is 2.77. The summed E-state index contributed by atoms with van der Waals surface area (Å²) in [5, 5.41) is 9.45. The number of aromatic hydroxyl groups is 1. The molecule has 1 N–H and O–H groups in total. The van der Waals surface area contributed by atoms with Crippen molar-refractivity contribution in [2.45, 2.75) is 19.0 Å². The van der Waals surface area contributed by atoms with Gasteiger partial charge < -0.3 is 14.7 Å². The third-order valence-electron chi connectivity index (χ3n) is 4.05. The van der Waals surface area contributed by atoms with Crippen LogP contribution in [0.3, 0.4) is 0 Å². The van der Waals surface area contributed by atoms with E-state index in [9.17, 15) is 9.90 Å². The Hall–Kier alpha value is -2.75. The van der Waals surface area contributed by atoms with Crippen LogP contribution in [0.4, 0.5) is 0 Å². The molecular weight excluding hydrogens is 290 g/mol. The van der Waals surface area contributed by atoms with Gasteiger partial charge in [-0.05, 0) is 41.5 Å². The highest BCUT2D eigenvalue weighted by Crippen LogP contribution is 2.31. The first-order valence-electron chi connectivity index (χ1n) is 7.54. The minimum Gasteiger partial charge on any atom is -0.508 e. The van der Waals surface area contributed by atoms with Gasteiger partial charge in [0, 0.05) is 19.2 Å². The van der Waals surface area contributed by atoms with Gasteiger partial charge in [0.05, 0.1) is 13.2 Å². The molecule has 0 aromatic heterocycles. The lowest BCUT2D eigenvalue weighted by Crippen LogP contribution is -2.28. The number of phenols is 1. The summed E-state index contributed by atoms with van der Waals surface area (Å²) >= 11 is 0. The molecule has 2 aromatic rings. The molecule has 4 heteroatoms. The largest absolute Gasteiger partial charge is 0.508 e. The number of carbonyl (C=O) groups is 1. The van der Waals surface area contributed by atoms with Crippen LogP contribution in [0, 0.1) is 0 Å². The first kappa shape index (κ1) is 15.2. The van der Waals surface area contributed by atoms with Gasteiger partial charge in [-0.2, -0.15) is 0 Å². The van der Waals surface area contributed by atoms with Crippen molar-refractivity contribution in [3.05, 3.63) is 71.9 Å². The average Bonchev–Trinajstić information content (AvgIpc) is 2.58. The van der Waals surface area contributed by atoms with E-state index >= 15 is 0 Å². The molecule has 1 atom stereocenters. The lowest BCUT2D eigenvalue weighted by atomic mass is 9.96. The third kappa shape index (κ3) is 3.54. The van der Waals surface area contributed by atoms with Crippen LogP contribution in [0.15, 0.2) is 60.8 Å². The molecule has 0 saturated carbocycles. The van der Waals surface area contributed by atoms with Gasteiger partial charge in [-0.15, -0.1) is 0 Å². The lowest BCUT2D eigenvalue weighted by Gasteiger charge is -2.33. The molecular formula is C19H19NO3. The third-order valence-corrected chi connectivity index (χ3v) is 4.05. The highest BCUT2D eigenvalue weighted by atomic mass is 16.5. The van der Waals surface area contributed by atoms with E-state index in [1.54, 1.807) is 25.3 Å². The Morgan fingerprint density at radius 1 is 1.13 bits per heavy atom. The van der Waals surface area contributed by atoms with E-state index < -0.39 is 0 Å². The van der Waals surface area contributed by atoms with Gasteiger partial charge in [0.15, 0.2) is 5.78 Å². The van der Waals surface area contributed by atoms with Crippen molar-refractivity contribution < 1.29 is 14.6 Å². The second-order valence-electron chi connectivity index (χ2n) is 5.61. The molecule has 0 fully saturated rings. The Morgan fingerprint density at radius 3 is 2.48 bits per heavy atom. The molecule has 0 bridgehead atoms. The maximum absolute atomic E-state index is 11.8. The van der Waals surface area contributed by atoms with Gasteiger partial charge in [-0.3, -0.25) is 4.79 Å². The van der Waals surface area contributed by atoms with Gasteiger partial charge >= 0.3 is 0 Å². The molecule has 2 aromatic carbocycles. The number of phenolic OH excluding ortho intramolecular Hbond substituents is 1. The highest BCUT2D eigenvalue weighted by molar-refractivity contribution is 5.90. The second-order valence-corrected chi connectivity index (χ2v) is 5.61. The number of methoxy groups -OCH3 is 1. The monoisotopic (exact) mass is 309 g/mol. The van der Waals surface area contributed by atoms with Gasteiger partial charge in [0.25, 0.3) is 0 Å². The van der Waals surface area contributed by atoms with Crippen molar-refractivity contribution in [1.82, 2.24) is 4.90 Å². The number of hydrogen-bond acceptors (Lipinski definition) is 4. The van der Waals surface area contributed by atoms with Crippen LogP contribution in [0.25, 0.3) is 0 Å². The van der Waals surface area contributed by atoms with Crippen molar-refractivity contribution in [2.24, 2.45) is 0 Å². The van der Waals surface area contributed by atoms with E-state index in [1.165, 1.54) is 0 Å². The summed E-state index contributed by atoms with van der Waals surface area (Å²) in [4.78, 5) is 14.0. The van der Waals surface area contributed by atoms with Crippen molar-refractivity contribution in [3.63, 3.8) is 0 Å². The molecule has 1 heterocycles. The van der Waals surface area contributed by atoms with Gasteiger partial charge in [0.2, 0.25) is 0 Å². The highest BCUT2D eigenvalue weighted by Gasteiger charge is 2.24. The Kier molecular flexibility index (Phi) is 4.33. The molecule has 1 unspecified atom stereocenters. The van der Waals surface area contributed by atoms with Crippen molar-refractivity contribution in [2.75, 3.05) is 7.11 Å². The predicted octanol–water partition coefficient (Wildman–Crippen LogP) is 3.43. The zero-order chi connectivity index (χ0) is 16.2. The summed E-state index contributed by atoms with van der Waals surface area (Å²) in [5.41, 5.74) is 2.17. The van der Waals surface area contributed by atoms with E-state index in [2.05, 4.69) is 4.90 Å². The second kappa shape index (κ2) is 6.57. The first-order valence-corrected chi connectivity index (χ1v) is 7.54. The summed E-state index contributed by atoms with van der Waals surface area (Å²) in [6.45, 7) is 0.708. The Labute approximate surface area is 135 Å².